The van der Waals surface area contributed by atoms with Crippen molar-refractivity contribution < 1.29 is 13.2 Å². The summed E-state index contributed by atoms with van der Waals surface area (Å²) in [4.78, 5) is 14.0. The van der Waals surface area contributed by atoms with E-state index in [0.717, 1.165) is 29.6 Å². The van der Waals surface area contributed by atoms with Crippen LogP contribution in [0.3, 0.4) is 0 Å². The van der Waals surface area contributed by atoms with E-state index >= 15 is 0 Å². The number of amides is 2. The fourth-order valence-electron chi connectivity index (χ4n) is 3.16. The van der Waals surface area contributed by atoms with Crippen LogP contribution < -0.4 is 5.32 Å². The number of hydrogen-bond donors (Lipinski definition) is 1. The van der Waals surface area contributed by atoms with E-state index in [1.54, 1.807) is 4.90 Å². The third-order valence-electron chi connectivity index (χ3n) is 4.53. The van der Waals surface area contributed by atoms with Gasteiger partial charge in [0.2, 0.25) is 0 Å². The van der Waals surface area contributed by atoms with Gasteiger partial charge >= 0.3 is 6.03 Å². The molecule has 7 heteroatoms. The monoisotopic (exact) mass is 349 g/mol. The zero-order valence-corrected chi connectivity index (χ0v) is 14.8. The summed E-state index contributed by atoms with van der Waals surface area (Å²) in [7, 11) is -3.10. The van der Waals surface area contributed by atoms with Gasteiger partial charge in [-0.15, -0.1) is 0 Å². The normalized spacial score (nSPS) is 18.2. The molecule has 1 saturated heterocycles. The molecule has 0 unspecified atom stereocenters. The number of carbonyl (C=O) groups excluding carboxylic acids is 1. The van der Waals surface area contributed by atoms with Gasteiger partial charge in [-0.3, -0.25) is 0 Å². The van der Waals surface area contributed by atoms with Gasteiger partial charge in [-0.1, -0.05) is 13.0 Å². The molecule has 1 aliphatic rings. The minimum atomic E-state index is -3.10. The number of anilines is 1. The Morgan fingerprint density at radius 3 is 2.79 bits per heavy atom. The van der Waals surface area contributed by atoms with Crippen LogP contribution in [0.25, 0.3) is 10.9 Å². The van der Waals surface area contributed by atoms with Crippen LogP contribution >= 0.6 is 0 Å². The van der Waals surface area contributed by atoms with Crippen LogP contribution in [-0.4, -0.2) is 48.5 Å². The molecular formula is C17H23N3O3S. The number of benzene rings is 1. The summed E-state index contributed by atoms with van der Waals surface area (Å²) in [6.07, 6.45) is 4.83. The van der Waals surface area contributed by atoms with E-state index < -0.39 is 15.1 Å². The van der Waals surface area contributed by atoms with Crippen molar-refractivity contribution in [3.63, 3.8) is 0 Å². The maximum Gasteiger partial charge on any atom is 0.321 e. The van der Waals surface area contributed by atoms with Crippen LogP contribution in [0.4, 0.5) is 10.5 Å². The standard InChI is InChI=1S/C17H23N3O3S/c1-3-8-19-9-6-13-4-5-14(11-16(13)19)18-17(21)20-10-7-15(12-20)24(2,22)23/h4-6,9,11,15H,3,7-8,10,12H2,1-2H3,(H,18,21)/t15-/m0/s1. The Labute approximate surface area is 142 Å². The van der Waals surface area contributed by atoms with Gasteiger partial charge in [-0.2, -0.15) is 0 Å². The third-order valence-corrected chi connectivity index (χ3v) is 6.12. The fourth-order valence-corrected chi connectivity index (χ4v) is 4.15. The van der Waals surface area contributed by atoms with Gasteiger partial charge in [-0.25, -0.2) is 13.2 Å². The molecule has 0 bridgehead atoms. The maximum atomic E-state index is 12.4. The molecule has 0 saturated carbocycles. The number of urea groups is 1. The predicted molar refractivity (Wildman–Crippen MR) is 96.1 cm³/mol. The highest BCUT2D eigenvalue weighted by atomic mass is 32.2. The predicted octanol–water partition coefficient (Wildman–Crippen LogP) is 2.70. The Bertz CT molecular complexity index is 857. The van der Waals surface area contributed by atoms with Crippen LogP contribution in [0, 0.1) is 0 Å². The van der Waals surface area contributed by atoms with Gasteiger partial charge in [0.05, 0.1) is 10.8 Å². The van der Waals surface area contributed by atoms with E-state index in [0.29, 0.717) is 13.0 Å². The molecule has 3 rings (SSSR count). The Morgan fingerprint density at radius 2 is 2.12 bits per heavy atom. The number of nitrogens with one attached hydrogen (secondary N) is 1. The summed E-state index contributed by atoms with van der Waals surface area (Å²) in [5.74, 6) is 0. The van der Waals surface area contributed by atoms with Crippen LogP contribution in [0.15, 0.2) is 30.5 Å². The van der Waals surface area contributed by atoms with Crippen molar-refractivity contribution in [1.82, 2.24) is 9.47 Å². The molecule has 1 N–H and O–H groups in total. The van der Waals surface area contributed by atoms with Gasteiger partial charge in [0.15, 0.2) is 9.84 Å². The Kier molecular flexibility index (Phi) is 4.54. The van der Waals surface area contributed by atoms with Gasteiger partial charge in [0.1, 0.15) is 0 Å². The first-order valence-corrected chi connectivity index (χ1v) is 10.2. The van der Waals surface area contributed by atoms with E-state index in [2.05, 4.69) is 29.1 Å². The first-order chi connectivity index (χ1) is 11.4. The first-order valence-electron chi connectivity index (χ1n) is 8.22. The lowest BCUT2D eigenvalue weighted by Gasteiger charge is -2.17. The number of nitrogens with zero attached hydrogens (tertiary/aromatic N) is 2. The summed E-state index contributed by atoms with van der Waals surface area (Å²) >= 11 is 0. The molecule has 24 heavy (non-hydrogen) atoms. The third kappa shape index (κ3) is 3.40. The van der Waals surface area contributed by atoms with Crippen LogP contribution in [0.2, 0.25) is 0 Å². The Hall–Kier alpha value is -2.02. The average Bonchev–Trinajstić information content (AvgIpc) is 3.15. The molecule has 2 heterocycles. The highest BCUT2D eigenvalue weighted by Crippen LogP contribution is 2.22. The Balaban J connectivity index is 1.73. The van der Waals surface area contributed by atoms with E-state index in [1.165, 1.54) is 6.26 Å². The lowest BCUT2D eigenvalue weighted by molar-refractivity contribution is 0.222. The van der Waals surface area contributed by atoms with Crippen LogP contribution in [0.5, 0.6) is 0 Å². The van der Waals surface area contributed by atoms with Crippen LogP contribution in [0.1, 0.15) is 19.8 Å². The molecule has 1 aromatic heterocycles. The Morgan fingerprint density at radius 1 is 1.33 bits per heavy atom. The number of carbonyl (C=O) groups is 1. The van der Waals surface area contributed by atoms with E-state index in [4.69, 9.17) is 0 Å². The van der Waals surface area contributed by atoms with Crippen molar-refractivity contribution in [2.45, 2.75) is 31.6 Å². The second kappa shape index (κ2) is 6.47. The van der Waals surface area contributed by atoms with E-state index in [1.807, 2.05) is 18.2 Å². The number of fused-ring (bicyclic) bond motifs is 1. The molecule has 0 spiro atoms. The topological polar surface area (TPSA) is 71.4 Å². The van der Waals surface area contributed by atoms with Gasteiger partial charge in [0.25, 0.3) is 0 Å². The number of sulfone groups is 1. The smallest absolute Gasteiger partial charge is 0.321 e. The summed E-state index contributed by atoms with van der Waals surface area (Å²) in [5.41, 5.74) is 1.82. The van der Waals surface area contributed by atoms with Crippen molar-refractivity contribution in [3.05, 3.63) is 30.5 Å². The van der Waals surface area contributed by atoms with Gasteiger partial charge < -0.3 is 14.8 Å². The maximum absolute atomic E-state index is 12.4. The number of likely N-dealkylation sites (tertiary alicyclic amines) is 1. The van der Waals surface area contributed by atoms with Crippen molar-refractivity contribution in [1.29, 1.82) is 0 Å². The summed E-state index contributed by atoms with van der Waals surface area (Å²) in [5, 5.41) is 3.57. The number of rotatable bonds is 4. The fraction of sp³-hybridized carbons (Fsp3) is 0.471. The quantitative estimate of drug-likeness (QED) is 0.922. The van der Waals surface area contributed by atoms with Crippen molar-refractivity contribution >= 4 is 32.5 Å². The van der Waals surface area contributed by atoms with Crippen LogP contribution in [-0.2, 0) is 16.4 Å². The molecule has 0 radical (unpaired) electrons. The molecule has 2 amide bonds. The molecule has 6 nitrogen and oxygen atoms in total. The second-order valence-electron chi connectivity index (χ2n) is 6.40. The van der Waals surface area contributed by atoms with Crippen molar-refractivity contribution in [2.75, 3.05) is 24.7 Å². The zero-order chi connectivity index (χ0) is 17.3. The summed E-state index contributed by atoms with van der Waals surface area (Å²) < 4.78 is 25.4. The SMILES string of the molecule is CCCn1ccc2ccc(NC(=O)N3CC[C@H](S(C)(=O)=O)C3)cc21. The molecule has 1 atom stereocenters. The largest absolute Gasteiger partial charge is 0.347 e. The highest BCUT2D eigenvalue weighted by molar-refractivity contribution is 7.91. The minimum absolute atomic E-state index is 0.242. The lowest BCUT2D eigenvalue weighted by Crippen LogP contribution is -2.34. The number of aromatic nitrogens is 1. The molecule has 0 aliphatic carbocycles. The van der Waals surface area contributed by atoms with Crippen molar-refractivity contribution in [2.24, 2.45) is 0 Å². The molecule has 1 fully saturated rings. The summed E-state index contributed by atoms with van der Waals surface area (Å²) in [6, 6.07) is 7.65. The van der Waals surface area contributed by atoms with E-state index in [9.17, 15) is 13.2 Å². The van der Waals surface area contributed by atoms with E-state index in [-0.39, 0.29) is 12.6 Å². The number of hydrogen-bond acceptors (Lipinski definition) is 3. The van der Waals surface area contributed by atoms with Crippen molar-refractivity contribution in [3.8, 4) is 0 Å². The van der Waals surface area contributed by atoms with Gasteiger partial charge in [-0.05, 0) is 36.4 Å². The molecule has 2 aromatic rings. The zero-order valence-electron chi connectivity index (χ0n) is 14.0. The lowest BCUT2D eigenvalue weighted by atomic mass is 10.2. The van der Waals surface area contributed by atoms with Gasteiger partial charge in [0, 0.05) is 37.8 Å². The average molecular weight is 349 g/mol. The molecular weight excluding hydrogens is 326 g/mol. The molecule has 1 aromatic carbocycles. The first kappa shape index (κ1) is 16.8. The number of aryl methyl sites for hydroxylation is 1. The molecule has 1 aliphatic heterocycles. The minimum Gasteiger partial charge on any atom is -0.347 e. The molecule has 130 valence electrons. The summed E-state index contributed by atoms with van der Waals surface area (Å²) in [6.45, 7) is 3.79. The highest BCUT2D eigenvalue weighted by Gasteiger charge is 2.32. The second-order valence-corrected chi connectivity index (χ2v) is 8.72.